The number of carboxylic acid groups (broad SMARTS) is 2. The number of alkyl halides is 3. The molecule has 0 saturated heterocycles. The van der Waals surface area contributed by atoms with Crippen molar-refractivity contribution in [2.45, 2.75) is 24.2 Å². The molecule has 1 aromatic heterocycles. The van der Waals surface area contributed by atoms with Crippen molar-refractivity contribution in [1.29, 1.82) is 0 Å². The summed E-state index contributed by atoms with van der Waals surface area (Å²) in [4.78, 5) is 22.3. The van der Waals surface area contributed by atoms with E-state index in [0.29, 0.717) is 22.6 Å². The highest BCUT2D eigenvalue weighted by molar-refractivity contribution is 9.11. The lowest BCUT2D eigenvalue weighted by molar-refractivity contribution is -0.192. The second-order valence-electron chi connectivity index (χ2n) is 5.68. The summed E-state index contributed by atoms with van der Waals surface area (Å²) in [5, 5.41) is 16.6. The molecule has 0 aliphatic carbocycles. The van der Waals surface area contributed by atoms with Crippen LogP contribution >= 0.6 is 27.3 Å². The molecule has 0 aliphatic rings. The Morgan fingerprint density at radius 2 is 1.68 bits per heavy atom. The molecule has 0 spiro atoms. The number of aliphatic carboxylic acids is 1. The van der Waals surface area contributed by atoms with Gasteiger partial charge in [0.15, 0.2) is 0 Å². The van der Waals surface area contributed by atoms with Gasteiger partial charge in [0.05, 0.1) is 15.0 Å². The van der Waals surface area contributed by atoms with Crippen molar-refractivity contribution in [2.75, 3.05) is 22.7 Å². The Morgan fingerprint density at radius 1 is 1.13 bits per heavy atom. The Bertz CT molecular complexity index is 1040. The number of nitrogens with zero attached hydrogens (tertiary/aromatic N) is 1. The van der Waals surface area contributed by atoms with E-state index in [2.05, 4.69) is 20.7 Å². The highest BCUT2D eigenvalue weighted by Gasteiger charge is 2.38. The average molecular weight is 547 g/mol. The van der Waals surface area contributed by atoms with Gasteiger partial charge in [-0.15, -0.1) is 11.3 Å². The third-order valence-electron chi connectivity index (χ3n) is 3.64. The van der Waals surface area contributed by atoms with Crippen LogP contribution < -0.4 is 9.62 Å². The first-order chi connectivity index (χ1) is 14.2. The van der Waals surface area contributed by atoms with Crippen LogP contribution in [0.15, 0.2) is 38.3 Å². The van der Waals surface area contributed by atoms with Crippen LogP contribution in [0.25, 0.3) is 0 Å². The number of carbonyl (C=O) groups is 2. The van der Waals surface area contributed by atoms with Crippen molar-refractivity contribution in [3.8, 4) is 0 Å². The van der Waals surface area contributed by atoms with Crippen LogP contribution in [0.3, 0.4) is 0 Å². The van der Waals surface area contributed by atoms with E-state index in [4.69, 9.17) is 9.90 Å². The van der Waals surface area contributed by atoms with E-state index in [1.165, 1.54) is 12.1 Å². The van der Waals surface area contributed by atoms with E-state index in [9.17, 15) is 31.5 Å². The third kappa shape index (κ3) is 7.70. The second kappa shape index (κ2) is 10.8. The Kier molecular flexibility index (Phi) is 9.32. The van der Waals surface area contributed by atoms with Gasteiger partial charge in [-0.2, -0.15) is 13.2 Å². The first kappa shape index (κ1) is 26.7. The number of carboxylic acids is 2. The maximum absolute atomic E-state index is 12.3. The lowest BCUT2D eigenvalue weighted by Gasteiger charge is -2.23. The lowest BCUT2D eigenvalue weighted by atomic mass is 10.1. The average Bonchev–Trinajstić information content (AvgIpc) is 3.10. The van der Waals surface area contributed by atoms with Gasteiger partial charge in [0.25, 0.3) is 10.0 Å². The molecule has 0 saturated carbocycles. The molecular weight excluding hydrogens is 529 g/mol. The molecule has 172 valence electrons. The quantitative estimate of drug-likeness (QED) is 0.467. The number of nitrogens with one attached hydrogen (secondary N) is 1. The molecule has 0 bridgehead atoms. The minimum Gasteiger partial charge on any atom is -0.478 e. The number of sulfonamides is 1. The molecule has 31 heavy (non-hydrogen) atoms. The lowest BCUT2D eigenvalue weighted by Crippen LogP contribution is -2.24. The van der Waals surface area contributed by atoms with Gasteiger partial charge in [-0.05, 0) is 60.1 Å². The highest BCUT2D eigenvalue weighted by Crippen LogP contribution is 2.29. The number of anilines is 2. The van der Waals surface area contributed by atoms with Gasteiger partial charge >= 0.3 is 18.1 Å². The number of aromatic carboxylic acids is 1. The van der Waals surface area contributed by atoms with Gasteiger partial charge in [-0.3, -0.25) is 4.72 Å². The number of hydrogen-bond acceptors (Lipinski definition) is 6. The molecule has 2 aromatic rings. The van der Waals surface area contributed by atoms with Crippen molar-refractivity contribution in [3.63, 3.8) is 0 Å². The van der Waals surface area contributed by atoms with E-state index in [1.807, 2.05) is 18.7 Å². The fraction of sp³-hybridized carbons (Fsp3) is 0.294. The first-order valence-electron chi connectivity index (χ1n) is 8.43. The topological polar surface area (TPSA) is 124 Å². The molecule has 0 aliphatic heterocycles. The standard InChI is InChI=1S/C15H17BrN2O4S2.C2HF3O2/c1-3-18(4-2)12-6-5-10(9-11(12)15(19)20)17-24(21,22)14-8-7-13(16)23-14;3-2(4,5)1(6)7/h5-9,17H,3-4H2,1-2H3,(H,19,20);(H,6,7). The molecule has 1 aromatic carbocycles. The van der Waals surface area contributed by atoms with E-state index in [1.54, 1.807) is 18.2 Å². The van der Waals surface area contributed by atoms with Gasteiger partial charge in [0.1, 0.15) is 4.21 Å². The van der Waals surface area contributed by atoms with Gasteiger partial charge in [0.2, 0.25) is 0 Å². The SMILES string of the molecule is CCN(CC)c1ccc(NS(=O)(=O)c2ccc(Br)s2)cc1C(=O)O.O=C(O)C(F)(F)F. The summed E-state index contributed by atoms with van der Waals surface area (Å²) in [5.41, 5.74) is 0.841. The molecule has 0 unspecified atom stereocenters. The van der Waals surface area contributed by atoms with Gasteiger partial charge in [-0.1, -0.05) is 0 Å². The van der Waals surface area contributed by atoms with E-state index in [-0.39, 0.29) is 15.5 Å². The molecular formula is C17H18BrF3N2O6S2. The molecule has 14 heteroatoms. The number of thiophene rings is 1. The van der Waals surface area contributed by atoms with Crippen molar-refractivity contribution < 1.29 is 41.4 Å². The van der Waals surface area contributed by atoms with Crippen molar-refractivity contribution in [1.82, 2.24) is 0 Å². The molecule has 0 amide bonds. The van der Waals surface area contributed by atoms with Crippen LogP contribution in [0.1, 0.15) is 24.2 Å². The minimum absolute atomic E-state index is 0.0614. The van der Waals surface area contributed by atoms with Crippen molar-refractivity contribution in [3.05, 3.63) is 39.7 Å². The first-order valence-corrected chi connectivity index (χ1v) is 11.5. The normalized spacial score (nSPS) is 11.3. The van der Waals surface area contributed by atoms with Crippen LogP contribution in [-0.4, -0.2) is 49.8 Å². The van der Waals surface area contributed by atoms with E-state index in [0.717, 1.165) is 11.3 Å². The fourth-order valence-corrected chi connectivity index (χ4v) is 5.32. The molecule has 0 radical (unpaired) electrons. The molecule has 1 heterocycles. The summed E-state index contributed by atoms with van der Waals surface area (Å²) < 4.78 is 59.7. The smallest absolute Gasteiger partial charge is 0.478 e. The molecule has 3 N–H and O–H groups in total. The van der Waals surface area contributed by atoms with Crippen LogP contribution in [-0.2, 0) is 14.8 Å². The Hall–Kier alpha value is -2.32. The maximum Gasteiger partial charge on any atom is 0.490 e. The zero-order valence-corrected chi connectivity index (χ0v) is 19.3. The zero-order chi connectivity index (χ0) is 24.0. The fourth-order valence-electron chi connectivity index (χ4n) is 2.26. The third-order valence-corrected chi connectivity index (χ3v) is 7.14. The van der Waals surface area contributed by atoms with Crippen LogP contribution in [0.2, 0.25) is 0 Å². The largest absolute Gasteiger partial charge is 0.490 e. The number of halogens is 4. The van der Waals surface area contributed by atoms with Crippen LogP contribution in [0.5, 0.6) is 0 Å². The molecule has 0 fully saturated rings. The molecule has 2 rings (SSSR count). The predicted octanol–water partition coefficient (Wildman–Crippen LogP) is 4.49. The Balaban J connectivity index is 0.000000592. The number of benzene rings is 1. The monoisotopic (exact) mass is 546 g/mol. The van der Waals surface area contributed by atoms with Gasteiger partial charge in [-0.25, -0.2) is 18.0 Å². The predicted molar refractivity (Wildman–Crippen MR) is 113 cm³/mol. The Morgan fingerprint density at radius 3 is 2.06 bits per heavy atom. The maximum atomic E-state index is 12.3. The highest BCUT2D eigenvalue weighted by atomic mass is 79.9. The Labute approximate surface area is 188 Å². The number of rotatable bonds is 7. The van der Waals surface area contributed by atoms with Crippen molar-refractivity contribution >= 4 is 60.6 Å². The van der Waals surface area contributed by atoms with Crippen molar-refractivity contribution in [2.24, 2.45) is 0 Å². The summed E-state index contributed by atoms with van der Waals surface area (Å²) in [6.07, 6.45) is -5.08. The zero-order valence-electron chi connectivity index (χ0n) is 16.1. The minimum atomic E-state index is -5.08. The number of hydrogen-bond donors (Lipinski definition) is 3. The molecule has 8 nitrogen and oxygen atoms in total. The van der Waals surface area contributed by atoms with E-state index >= 15 is 0 Å². The van der Waals surface area contributed by atoms with Crippen LogP contribution in [0, 0.1) is 0 Å². The summed E-state index contributed by atoms with van der Waals surface area (Å²) in [5.74, 6) is -3.86. The summed E-state index contributed by atoms with van der Waals surface area (Å²) in [6.45, 7) is 5.18. The van der Waals surface area contributed by atoms with Gasteiger partial charge in [0, 0.05) is 18.8 Å². The van der Waals surface area contributed by atoms with Gasteiger partial charge < -0.3 is 15.1 Å². The molecule has 0 atom stereocenters. The van der Waals surface area contributed by atoms with E-state index < -0.39 is 28.1 Å². The summed E-state index contributed by atoms with van der Waals surface area (Å²) in [6, 6.07) is 7.67. The van der Waals surface area contributed by atoms with Crippen LogP contribution in [0.4, 0.5) is 24.5 Å². The summed E-state index contributed by atoms with van der Waals surface area (Å²) in [7, 11) is -3.75. The summed E-state index contributed by atoms with van der Waals surface area (Å²) >= 11 is 4.31. The second-order valence-corrected chi connectivity index (χ2v) is 10.0.